The Balaban J connectivity index is 1.92. The summed E-state index contributed by atoms with van der Waals surface area (Å²) >= 11 is 7.03. The molecular formula is C13H8Br2N2S. The van der Waals surface area contributed by atoms with Crippen molar-refractivity contribution in [2.45, 2.75) is 0 Å². The lowest BCUT2D eigenvalue weighted by Gasteiger charge is -2.09. The molecule has 2 aliphatic rings. The van der Waals surface area contributed by atoms with Gasteiger partial charge in [-0.15, -0.1) is 0 Å². The zero-order chi connectivity index (χ0) is 12.3. The highest BCUT2D eigenvalue weighted by molar-refractivity contribution is 9.10. The SMILES string of the molecule is Brc1ccc2c(c1)NS1=C2c2ccc(Br)cc2N1. The number of nitrogens with one attached hydrogen (secondary N) is 2. The van der Waals surface area contributed by atoms with Crippen LogP contribution in [0.2, 0.25) is 0 Å². The second-order valence-electron chi connectivity index (χ2n) is 4.22. The molecule has 0 spiro atoms. The van der Waals surface area contributed by atoms with Gasteiger partial charge in [-0.3, -0.25) is 0 Å². The summed E-state index contributed by atoms with van der Waals surface area (Å²) in [5, 5.41) is 0. The van der Waals surface area contributed by atoms with Gasteiger partial charge in [-0.1, -0.05) is 44.0 Å². The first-order chi connectivity index (χ1) is 8.72. The van der Waals surface area contributed by atoms with E-state index in [4.69, 9.17) is 0 Å². The highest BCUT2D eigenvalue weighted by Gasteiger charge is 2.29. The number of hydrogen-bond donors (Lipinski definition) is 2. The van der Waals surface area contributed by atoms with Gasteiger partial charge in [0.25, 0.3) is 0 Å². The van der Waals surface area contributed by atoms with Gasteiger partial charge in [-0.05, 0) is 24.3 Å². The van der Waals surface area contributed by atoms with Crippen molar-refractivity contribution in [1.82, 2.24) is 0 Å². The van der Waals surface area contributed by atoms with Crippen LogP contribution in [0.4, 0.5) is 11.4 Å². The van der Waals surface area contributed by atoms with Crippen molar-refractivity contribution < 1.29 is 0 Å². The molecule has 18 heavy (non-hydrogen) atoms. The second-order valence-corrected chi connectivity index (χ2v) is 7.48. The number of anilines is 2. The van der Waals surface area contributed by atoms with Gasteiger partial charge in [0.05, 0.1) is 16.2 Å². The number of benzene rings is 2. The molecule has 2 aliphatic heterocycles. The monoisotopic (exact) mass is 382 g/mol. The van der Waals surface area contributed by atoms with Crippen LogP contribution in [-0.4, -0.2) is 4.86 Å². The summed E-state index contributed by atoms with van der Waals surface area (Å²) in [7, 11) is -0.102. The van der Waals surface area contributed by atoms with Crippen LogP contribution in [0.25, 0.3) is 0 Å². The van der Waals surface area contributed by atoms with Crippen LogP contribution in [0.3, 0.4) is 0 Å². The summed E-state index contributed by atoms with van der Waals surface area (Å²) in [6.45, 7) is 0. The first kappa shape index (κ1) is 11.1. The Kier molecular flexibility index (Phi) is 2.37. The van der Waals surface area contributed by atoms with Crippen LogP contribution in [0.5, 0.6) is 0 Å². The molecule has 2 nitrogen and oxygen atoms in total. The van der Waals surface area contributed by atoms with E-state index >= 15 is 0 Å². The molecule has 0 unspecified atom stereocenters. The van der Waals surface area contributed by atoms with E-state index in [1.165, 1.54) is 27.4 Å². The van der Waals surface area contributed by atoms with Crippen LogP contribution in [-0.2, 0) is 0 Å². The highest BCUT2D eigenvalue weighted by Crippen LogP contribution is 2.45. The molecule has 2 N–H and O–H groups in total. The maximum absolute atomic E-state index is 3.54. The molecule has 0 aromatic heterocycles. The molecule has 4 rings (SSSR count). The summed E-state index contributed by atoms with van der Waals surface area (Å²) in [6, 6.07) is 12.8. The Morgan fingerprint density at radius 3 is 1.78 bits per heavy atom. The third kappa shape index (κ3) is 1.51. The van der Waals surface area contributed by atoms with E-state index in [1.807, 2.05) is 0 Å². The Morgan fingerprint density at radius 1 is 0.778 bits per heavy atom. The Hall–Kier alpha value is -0.780. The lowest BCUT2D eigenvalue weighted by atomic mass is 10.0. The molecule has 2 aromatic carbocycles. The van der Waals surface area contributed by atoms with Gasteiger partial charge in [0, 0.05) is 30.9 Å². The molecule has 0 saturated heterocycles. The zero-order valence-corrected chi connectivity index (χ0v) is 13.1. The zero-order valence-electron chi connectivity index (χ0n) is 9.13. The Morgan fingerprint density at radius 2 is 1.28 bits per heavy atom. The van der Waals surface area contributed by atoms with Gasteiger partial charge >= 0.3 is 0 Å². The molecule has 0 aliphatic carbocycles. The first-order valence-corrected chi connectivity index (χ1v) is 8.28. The quantitative estimate of drug-likeness (QED) is 0.642. The normalized spacial score (nSPS) is 15.8. The number of rotatable bonds is 0. The molecule has 0 fully saturated rings. The molecule has 5 heteroatoms. The van der Waals surface area contributed by atoms with Crippen molar-refractivity contribution in [3.8, 4) is 0 Å². The molecule has 0 bridgehead atoms. The number of halogens is 2. The minimum atomic E-state index is -0.102. The number of fused-ring (bicyclic) bond motifs is 4. The Bertz CT molecular complexity index is 665. The predicted molar refractivity (Wildman–Crippen MR) is 86.3 cm³/mol. The van der Waals surface area contributed by atoms with Crippen molar-refractivity contribution in [2.75, 3.05) is 9.44 Å². The van der Waals surface area contributed by atoms with E-state index in [0.717, 1.165) is 8.95 Å². The standard InChI is InChI=1S/C13H8Br2N2S/c14-7-1-3-9-11(5-7)16-18-13(9)10-4-2-8(15)6-12(10)17-18/h1-6,16-17H. The summed E-state index contributed by atoms with van der Waals surface area (Å²) in [5.74, 6) is 0. The average Bonchev–Trinajstić information content (AvgIpc) is 2.82. The lowest BCUT2D eigenvalue weighted by molar-refractivity contribution is 1.57. The summed E-state index contributed by atoms with van der Waals surface area (Å²) < 4.78 is 9.29. The molecule has 0 saturated carbocycles. The molecule has 2 aromatic rings. The van der Waals surface area contributed by atoms with E-state index < -0.39 is 0 Å². The minimum absolute atomic E-state index is 0.102. The van der Waals surface area contributed by atoms with Crippen molar-refractivity contribution in [3.05, 3.63) is 56.5 Å². The van der Waals surface area contributed by atoms with Gasteiger partial charge in [-0.2, -0.15) is 0 Å². The van der Waals surface area contributed by atoms with E-state index in [9.17, 15) is 0 Å². The maximum atomic E-state index is 3.54. The minimum Gasteiger partial charge on any atom is -0.318 e. The third-order valence-electron chi connectivity index (χ3n) is 3.08. The summed E-state index contributed by atoms with van der Waals surface area (Å²) in [5.41, 5.74) is 5.00. The van der Waals surface area contributed by atoms with Crippen molar-refractivity contribution in [2.24, 2.45) is 0 Å². The largest absolute Gasteiger partial charge is 0.318 e. The highest BCUT2D eigenvalue weighted by atomic mass is 79.9. The first-order valence-electron chi connectivity index (χ1n) is 5.47. The fourth-order valence-corrected chi connectivity index (χ4v) is 4.86. The fraction of sp³-hybridized carbons (Fsp3) is 0. The predicted octanol–water partition coefficient (Wildman–Crippen LogP) is 4.73. The van der Waals surface area contributed by atoms with Gasteiger partial charge in [0.2, 0.25) is 0 Å². The maximum Gasteiger partial charge on any atom is 0.0557 e. The van der Waals surface area contributed by atoms with Crippen LogP contribution in [0, 0.1) is 0 Å². The van der Waals surface area contributed by atoms with Gasteiger partial charge in [0.1, 0.15) is 0 Å². The van der Waals surface area contributed by atoms with Crippen LogP contribution in [0.1, 0.15) is 11.1 Å². The molecule has 0 amide bonds. The smallest absolute Gasteiger partial charge is 0.0557 e. The van der Waals surface area contributed by atoms with E-state index in [0.29, 0.717) is 0 Å². The second kappa shape index (κ2) is 3.85. The summed E-state index contributed by atoms with van der Waals surface area (Å²) in [4.78, 5) is 1.38. The van der Waals surface area contributed by atoms with Crippen LogP contribution >= 0.6 is 42.7 Å². The van der Waals surface area contributed by atoms with Gasteiger partial charge < -0.3 is 9.44 Å². The van der Waals surface area contributed by atoms with E-state index in [-0.39, 0.29) is 10.9 Å². The summed E-state index contributed by atoms with van der Waals surface area (Å²) in [6.07, 6.45) is 0. The van der Waals surface area contributed by atoms with Crippen LogP contribution < -0.4 is 9.44 Å². The van der Waals surface area contributed by atoms with Crippen molar-refractivity contribution in [1.29, 1.82) is 0 Å². The molecule has 90 valence electrons. The van der Waals surface area contributed by atoms with Gasteiger partial charge in [0.15, 0.2) is 0 Å². The lowest BCUT2D eigenvalue weighted by Crippen LogP contribution is -1.97. The average molecular weight is 384 g/mol. The topological polar surface area (TPSA) is 24.1 Å². The molecule has 2 heterocycles. The van der Waals surface area contributed by atoms with E-state index in [2.05, 4.69) is 77.7 Å². The van der Waals surface area contributed by atoms with Gasteiger partial charge in [-0.25, -0.2) is 0 Å². The molecular weight excluding hydrogens is 376 g/mol. The molecule has 0 atom stereocenters. The third-order valence-corrected chi connectivity index (χ3v) is 5.76. The van der Waals surface area contributed by atoms with Crippen molar-refractivity contribution >= 4 is 59.0 Å². The van der Waals surface area contributed by atoms with Crippen molar-refractivity contribution in [3.63, 3.8) is 0 Å². The Labute approximate surface area is 124 Å². The fourth-order valence-electron chi connectivity index (χ4n) is 2.31. The molecule has 0 radical (unpaired) electrons. The number of hydrogen-bond acceptors (Lipinski definition) is 2. The van der Waals surface area contributed by atoms with E-state index in [1.54, 1.807) is 0 Å². The van der Waals surface area contributed by atoms with Crippen LogP contribution in [0.15, 0.2) is 45.3 Å².